The van der Waals surface area contributed by atoms with Crippen molar-refractivity contribution in [3.05, 3.63) is 28.5 Å². The van der Waals surface area contributed by atoms with Gasteiger partial charge >= 0.3 is 5.97 Å². The van der Waals surface area contributed by atoms with Crippen molar-refractivity contribution in [3.8, 4) is 0 Å². The van der Waals surface area contributed by atoms with E-state index in [1.54, 1.807) is 12.3 Å². The first-order valence-corrected chi connectivity index (χ1v) is 6.92. The number of pyridine rings is 1. The van der Waals surface area contributed by atoms with E-state index in [0.717, 1.165) is 12.8 Å². The van der Waals surface area contributed by atoms with Gasteiger partial charge in [-0.1, -0.05) is 0 Å². The smallest absolute Gasteiger partial charge is 0.340 e. The van der Waals surface area contributed by atoms with Gasteiger partial charge in [-0.2, -0.15) is 0 Å². The van der Waals surface area contributed by atoms with Gasteiger partial charge in [0, 0.05) is 22.9 Å². The molecule has 1 aliphatic carbocycles. The highest BCUT2D eigenvalue weighted by Crippen LogP contribution is 2.32. The van der Waals surface area contributed by atoms with Crippen molar-refractivity contribution < 1.29 is 14.3 Å². The van der Waals surface area contributed by atoms with Gasteiger partial charge in [0.2, 0.25) is 0 Å². The lowest BCUT2D eigenvalue weighted by Gasteiger charge is -2.12. The molecule has 0 unspecified atom stereocenters. The summed E-state index contributed by atoms with van der Waals surface area (Å²) < 4.78 is 5.62. The maximum absolute atomic E-state index is 11.7. The molecule has 1 aliphatic rings. The summed E-state index contributed by atoms with van der Waals surface area (Å²) in [5, 5.41) is 2.82. The molecule has 19 heavy (non-hydrogen) atoms. The van der Waals surface area contributed by atoms with Crippen LogP contribution in [0.5, 0.6) is 0 Å². The molecule has 0 bridgehead atoms. The molecule has 0 aliphatic heterocycles. The van der Waals surface area contributed by atoms with E-state index in [-0.39, 0.29) is 18.6 Å². The first kappa shape index (κ1) is 14.0. The third-order valence-corrected chi connectivity index (χ3v) is 3.43. The first-order chi connectivity index (χ1) is 9.06. The molecule has 1 aromatic heterocycles. The number of esters is 1. The standard InChI is InChI=1S/C13H15BrN2O3/c1-8(9-2-3-9)16-12(17)7-19-13(18)10-4-11(14)6-15-5-10/h4-6,8-9H,2-3,7H2,1H3,(H,16,17)/t8-/m1/s1. The summed E-state index contributed by atoms with van der Waals surface area (Å²) in [5.41, 5.74) is 0.317. The topological polar surface area (TPSA) is 68.3 Å². The molecule has 0 spiro atoms. The predicted octanol–water partition coefficient (Wildman–Crippen LogP) is 1.92. The summed E-state index contributed by atoms with van der Waals surface area (Å²) in [6.07, 6.45) is 5.29. The van der Waals surface area contributed by atoms with E-state index in [9.17, 15) is 9.59 Å². The van der Waals surface area contributed by atoms with Crippen LogP contribution in [0.15, 0.2) is 22.9 Å². The Balaban J connectivity index is 1.78. The highest BCUT2D eigenvalue weighted by molar-refractivity contribution is 9.10. The van der Waals surface area contributed by atoms with Gasteiger partial charge in [0.05, 0.1) is 5.56 Å². The number of amides is 1. The van der Waals surface area contributed by atoms with Crippen LogP contribution in [0.1, 0.15) is 30.1 Å². The van der Waals surface area contributed by atoms with Crippen molar-refractivity contribution in [3.63, 3.8) is 0 Å². The Morgan fingerprint density at radius 1 is 1.53 bits per heavy atom. The Morgan fingerprint density at radius 3 is 2.89 bits per heavy atom. The molecule has 2 rings (SSSR count). The minimum Gasteiger partial charge on any atom is -0.452 e. The fourth-order valence-corrected chi connectivity index (χ4v) is 2.11. The number of hydrogen-bond acceptors (Lipinski definition) is 4. The van der Waals surface area contributed by atoms with E-state index < -0.39 is 5.97 Å². The third-order valence-electron chi connectivity index (χ3n) is 2.99. The van der Waals surface area contributed by atoms with Crippen molar-refractivity contribution in [2.45, 2.75) is 25.8 Å². The number of nitrogens with zero attached hydrogens (tertiary/aromatic N) is 1. The van der Waals surface area contributed by atoms with E-state index >= 15 is 0 Å². The minimum atomic E-state index is -0.553. The van der Waals surface area contributed by atoms with Crippen molar-refractivity contribution in [1.82, 2.24) is 10.3 Å². The zero-order valence-electron chi connectivity index (χ0n) is 10.6. The van der Waals surface area contributed by atoms with E-state index in [0.29, 0.717) is 16.0 Å². The maximum Gasteiger partial charge on any atom is 0.340 e. The van der Waals surface area contributed by atoms with Crippen LogP contribution in [0.2, 0.25) is 0 Å². The lowest BCUT2D eigenvalue weighted by atomic mass is 10.2. The second-order valence-corrected chi connectivity index (χ2v) is 5.58. The van der Waals surface area contributed by atoms with Crippen LogP contribution in [0, 0.1) is 5.92 Å². The number of nitrogens with one attached hydrogen (secondary N) is 1. The summed E-state index contributed by atoms with van der Waals surface area (Å²) in [7, 11) is 0. The quantitative estimate of drug-likeness (QED) is 0.839. The number of aromatic nitrogens is 1. The van der Waals surface area contributed by atoms with Crippen molar-refractivity contribution in [2.24, 2.45) is 5.92 Å². The Hall–Kier alpha value is -1.43. The summed E-state index contributed by atoms with van der Waals surface area (Å²) in [5.74, 6) is -0.243. The summed E-state index contributed by atoms with van der Waals surface area (Å²) in [6, 6.07) is 1.75. The highest BCUT2D eigenvalue weighted by atomic mass is 79.9. The molecule has 1 N–H and O–H groups in total. The molecule has 0 saturated heterocycles. The Labute approximate surface area is 119 Å². The van der Waals surface area contributed by atoms with Crippen LogP contribution in [-0.2, 0) is 9.53 Å². The second kappa shape index (κ2) is 6.14. The van der Waals surface area contributed by atoms with Crippen LogP contribution >= 0.6 is 15.9 Å². The molecular weight excluding hydrogens is 312 g/mol. The number of ether oxygens (including phenoxy) is 1. The number of hydrogen-bond donors (Lipinski definition) is 1. The average molecular weight is 327 g/mol. The summed E-state index contributed by atoms with van der Waals surface area (Å²) >= 11 is 3.22. The molecule has 0 aromatic carbocycles. The van der Waals surface area contributed by atoms with Gasteiger partial charge < -0.3 is 10.1 Å². The van der Waals surface area contributed by atoms with E-state index in [1.165, 1.54) is 6.20 Å². The van der Waals surface area contributed by atoms with Crippen LogP contribution in [0.4, 0.5) is 0 Å². The number of carbonyl (C=O) groups excluding carboxylic acids is 2. The molecule has 1 aromatic rings. The molecule has 1 fully saturated rings. The number of rotatable bonds is 5. The average Bonchev–Trinajstić information content (AvgIpc) is 3.20. The largest absolute Gasteiger partial charge is 0.452 e. The van der Waals surface area contributed by atoms with E-state index in [1.807, 2.05) is 6.92 Å². The summed E-state index contributed by atoms with van der Waals surface area (Å²) in [6.45, 7) is 1.71. The van der Waals surface area contributed by atoms with Gasteiger partial charge in [0.25, 0.3) is 5.91 Å². The zero-order chi connectivity index (χ0) is 13.8. The highest BCUT2D eigenvalue weighted by Gasteiger charge is 2.28. The Morgan fingerprint density at radius 2 is 2.26 bits per heavy atom. The summed E-state index contributed by atoms with van der Waals surface area (Å²) in [4.78, 5) is 27.1. The zero-order valence-corrected chi connectivity index (χ0v) is 12.1. The normalized spacial score (nSPS) is 15.7. The molecule has 0 radical (unpaired) electrons. The van der Waals surface area contributed by atoms with Crippen molar-refractivity contribution in [1.29, 1.82) is 0 Å². The molecule has 1 heterocycles. The fourth-order valence-electron chi connectivity index (χ4n) is 1.75. The fraction of sp³-hybridized carbons (Fsp3) is 0.462. The molecule has 1 amide bonds. The molecule has 5 nitrogen and oxygen atoms in total. The van der Waals surface area contributed by atoms with Gasteiger partial charge in [-0.25, -0.2) is 4.79 Å². The lowest BCUT2D eigenvalue weighted by molar-refractivity contribution is -0.124. The van der Waals surface area contributed by atoms with E-state index in [4.69, 9.17) is 4.74 Å². The van der Waals surface area contributed by atoms with Gasteiger partial charge in [-0.15, -0.1) is 0 Å². The predicted molar refractivity (Wildman–Crippen MR) is 72.5 cm³/mol. The molecule has 102 valence electrons. The second-order valence-electron chi connectivity index (χ2n) is 4.66. The van der Waals surface area contributed by atoms with Crippen LogP contribution in [-0.4, -0.2) is 29.5 Å². The van der Waals surface area contributed by atoms with Gasteiger partial charge in [-0.3, -0.25) is 9.78 Å². The number of halogens is 1. The monoisotopic (exact) mass is 326 g/mol. The van der Waals surface area contributed by atoms with E-state index in [2.05, 4.69) is 26.2 Å². The molecule has 6 heteroatoms. The molecule has 1 atom stereocenters. The van der Waals surface area contributed by atoms with Crippen molar-refractivity contribution >= 4 is 27.8 Å². The van der Waals surface area contributed by atoms with Gasteiger partial charge in [0.15, 0.2) is 6.61 Å². The van der Waals surface area contributed by atoms with Crippen LogP contribution in [0.3, 0.4) is 0 Å². The molecular formula is C13H15BrN2O3. The third kappa shape index (κ3) is 4.31. The molecule has 1 saturated carbocycles. The number of carbonyl (C=O) groups is 2. The Kier molecular flexibility index (Phi) is 4.52. The minimum absolute atomic E-state index is 0.152. The van der Waals surface area contributed by atoms with Crippen LogP contribution < -0.4 is 5.32 Å². The van der Waals surface area contributed by atoms with Crippen molar-refractivity contribution in [2.75, 3.05) is 6.61 Å². The lowest BCUT2D eigenvalue weighted by Crippen LogP contribution is -2.37. The maximum atomic E-state index is 11.7. The van der Waals surface area contributed by atoms with Gasteiger partial charge in [-0.05, 0) is 47.7 Å². The Bertz CT molecular complexity index is 489. The first-order valence-electron chi connectivity index (χ1n) is 6.13. The SMILES string of the molecule is C[C@@H](NC(=O)COC(=O)c1cncc(Br)c1)C1CC1. The van der Waals surface area contributed by atoms with Gasteiger partial charge in [0.1, 0.15) is 0 Å². The van der Waals surface area contributed by atoms with Crippen LogP contribution in [0.25, 0.3) is 0 Å².